The molecule has 0 amide bonds. The summed E-state index contributed by atoms with van der Waals surface area (Å²) in [5, 5.41) is 0. The Morgan fingerprint density at radius 3 is 3.43 bits per heavy atom. The lowest BCUT2D eigenvalue weighted by atomic mass is 9.92. The van der Waals surface area contributed by atoms with Crippen LogP contribution in [0.1, 0.15) is 18.5 Å². The Labute approximate surface area is 83.1 Å². The van der Waals surface area contributed by atoms with E-state index in [2.05, 4.69) is 4.98 Å². The second-order valence-electron chi connectivity index (χ2n) is 3.91. The SMILES string of the molecule is c1cnc2c(c1)O[C@@H]1OCCC[C@@H]1C2. The molecule has 1 aromatic heterocycles. The van der Waals surface area contributed by atoms with Crippen LogP contribution in [0.15, 0.2) is 18.3 Å². The van der Waals surface area contributed by atoms with Crippen LogP contribution in [-0.2, 0) is 11.2 Å². The lowest BCUT2D eigenvalue weighted by Gasteiger charge is -2.35. The Bertz CT molecular complexity index is 307. The van der Waals surface area contributed by atoms with Crippen LogP contribution in [0, 0.1) is 5.92 Å². The van der Waals surface area contributed by atoms with Gasteiger partial charge in [-0.2, -0.15) is 0 Å². The van der Waals surface area contributed by atoms with Gasteiger partial charge in [0, 0.05) is 18.5 Å². The van der Waals surface area contributed by atoms with Gasteiger partial charge >= 0.3 is 0 Å². The van der Waals surface area contributed by atoms with Crippen LogP contribution in [0.2, 0.25) is 0 Å². The summed E-state index contributed by atoms with van der Waals surface area (Å²) in [5.74, 6) is 1.40. The average Bonchev–Trinajstić information content (AvgIpc) is 2.26. The van der Waals surface area contributed by atoms with Crippen LogP contribution >= 0.6 is 0 Å². The van der Waals surface area contributed by atoms with E-state index >= 15 is 0 Å². The molecular weight excluding hydrogens is 178 g/mol. The minimum Gasteiger partial charge on any atom is -0.463 e. The van der Waals surface area contributed by atoms with Gasteiger partial charge in [-0.25, -0.2) is 0 Å². The van der Waals surface area contributed by atoms with Crippen molar-refractivity contribution in [2.45, 2.75) is 25.6 Å². The summed E-state index contributed by atoms with van der Waals surface area (Å²) in [6.45, 7) is 0.830. The molecule has 0 aliphatic carbocycles. The number of pyridine rings is 1. The molecule has 2 aliphatic heterocycles. The smallest absolute Gasteiger partial charge is 0.203 e. The second-order valence-corrected chi connectivity index (χ2v) is 3.91. The maximum Gasteiger partial charge on any atom is 0.203 e. The first-order valence-corrected chi connectivity index (χ1v) is 5.15. The van der Waals surface area contributed by atoms with Crippen molar-refractivity contribution in [1.29, 1.82) is 0 Å². The van der Waals surface area contributed by atoms with Gasteiger partial charge in [0.2, 0.25) is 6.29 Å². The Hall–Kier alpha value is -1.09. The third-order valence-electron chi connectivity index (χ3n) is 2.93. The van der Waals surface area contributed by atoms with Gasteiger partial charge in [-0.05, 0) is 25.0 Å². The van der Waals surface area contributed by atoms with E-state index in [1.165, 1.54) is 6.42 Å². The van der Waals surface area contributed by atoms with Crippen LogP contribution in [0.4, 0.5) is 0 Å². The van der Waals surface area contributed by atoms with Crippen molar-refractivity contribution in [3.05, 3.63) is 24.0 Å². The molecule has 0 radical (unpaired) electrons. The van der Waals surface area contributed by atoms with Crippen LogP contribution < -0.4 is 4.74 Å². The molecule has 1 aromatic rings. The van der Waals surface area contributed by atoms with Gasteiger partial charge < -0.3 is 9.47 Å². The highest BCUT2D eigenvalue weighted by atomic mass is 16.7. The number of nitrogens with zero attached hydrogens (tertiary/aromatic N) is 1. The second kappa shape index (κ2) is 3.24. The third kappa shape index (κ3) is 1.28. The van der Waals surface area contributed by atoms with Gasteiger partial charge in [-0.15, -0.1) is 0 Å². The van der Waals surface area contributed by atoms with E-state index in [-0.39, 0.29) is 6.29 Å². The molecule has 3 nitrogen and oxygen atoms in total. The van der Waals surface area contributed by atoms with Gasteiger partial charge in [-0.3, -0.25) is 4.98 Å². The highest BCUT2D eigenvalue weighted by Gasteiger charge is 2.33. The van der Waals surface area contributed by atoms with Crippen molar-refractivity contribution in [1.82, 2.24) is 4.98 Å². The fraction of sp³-hybridized carbons (Fsp3) is 0.545. The Kier molecular flexibility index (Phi) is 1.91. The van der Waals surface area contributed by atoms with Crippen molar-refractivity contribution in [3.8, 4) is 5.75 Å². The Morgan fingerprint density at radius 2 is 2.43 bits per heavy atom. The van der Waals surface area contributed by atoms with Crippen molar-refractivity contribution in [2.24, 2.45) is 5.92 Å². The van der Waals surface area contributed by atoms with Gasteiger partial charge in [0.25, 0.3) is 0 Å². The first kappa shape index (κ1) is 8.24. The summed E-state index contributed by atoms with van der Waals surface area (Å²) >= 11 is 0. The molecule has 0 spiro atoms. The number of ether oxygens (including phenoxy) is 2. The number of fused-ring (bicyclic) bond motifs is 2. The molecule has 14 heavy (non-hydrogen) atoms. The molecule has 2 atom stereocenters. The Morgan fingerprint density at radius 1 is 1.43 bits per heavy atom. The quantitative estimate of drug-likeness (QED) is 0.626. The maximum absolute atomic E-state index is 5.75. The summed E-state index contributed by atoms with van der Waals surface area (Å²) in [6, 6.07) is 3.87. The maximum atomic E-state index is 5.75. The van der Waals surface area contributed by atoms with Gasteiger partial charge in [0.15, 0.2) is 0 Å². The van der Waals surface area contributed by atoms with E-state index in [1.54, 1.807) is 0 Å². The van der Waals surface area contributed by atoms with Crippen molar-refractivity contribution >= 4 is 0 Å². The van der Waals surface area contributed by atoms with Gasteiger partial charge in [0.1, 0.15) is 5.75 Å². The zero-order valence-electron chi connectivity index (χ0n) is 7.98. The van der Waals surface area contributed by atoms with Crippen LogP contribution in [0.5, 0.6) is 5.75 Å². The molecule has 1 saturated heterocycles. The predicted octanol–water partition coefficient (Wildman–Crippen LogP) is 1.77. The van der Waals surface area contributed by atoms with Gasteiger partial charge in [-0.1, -0.05) is 0 Å². The molecule has 3 heteroatoms. The topological polar surface area (TPSA) is 31.4 Å². The average molecular weight is 191 g/mol. The van der Waals surface area contributed by atoms with E-state index in [0.29, 0.717) is 5.92 Å². The summed E-state index contributed by atoms with van der Waals surface area (Å²) in [4.78, 5) is 4.33. The lowest BCUT2D eigenvalue weighted by molar-refractivity contribution is -0.149. The fourth-order valence-corrected chi connectivity index (χ4v) is 2.20. The minimum absolute atomic E-state index is 0.0274. The molecule has 0 aromatic carbocycles. The summed E-state index contributed by atoms with van der Waals surface area (Å²) in [7, 11) is 0. The van der Waals surface area contributed by atoms with E-state index in [9.17, 15) is 0 Å². The van der Waals surface area contributed by atoms with Crippen LogP contribution in [0.25, 0.3) is 0 Å². The number of aromatic nitrogens is 1. The largest absolute Gasteiger partial charge is 0.463 e. The van der Waals surface area contributed by atoms with Gasteiger partial charge in [0.05, 0.1) is 12.3 Å². The molecule has 0 saturated carbocycles. The standard InChI is InChI=1S/C11H13NO2/c1-4-10-9(12-5-1)7-8-3-2-6-13-11(8)14-10/h1,4-5,8,11H,2-3,6-7H2/t8-,11+/m1/s1. The van der Waals surface area contributed by atoms with Crippen molar-refractivity contribution in [3.63, 3.8) is 0 Å². The molecule has 0 bridgehead atoms. The predicted molar refractivity (Wildman–Crippen MR) is 51.0 cm³/mol. The molecule has 3 heterocycles. The summed E-state index contributed by atoms with van der Waals surface area (Å²) in [6.07, 6.45) is 5.14. The minimum atomic E-state index is -0.0274. The Balaban J connectivity index is 1.91. The molecule has 74 valence electrons. The fourth-order valence-electron chi connectivity index (χ4n) is 2.20. The molecule has 3 rings (SSSR count). The summed E-state index contributed by atoms with van der Waals surface area (Å²) < 4.78 is 11.3. The molecule has 0 unspecified atom stereocenters. The first-order valence-electron chi connectivity index (χ1n) is 5.15. The molecule has 1 fully saturated rings. The third-order valence-corrected chi connectivity index (χ3v) is 2.93. The highest BCUT2D eigenvalue weighted by Crippen LogP contribution is 2.34. The lowest BCUT2D eigenvalue weighted by Crippen LogP contribution is -2.39. The first-order chi connectivity index (χ1) is 6.93. The van der Waals surface area contributed by atoms with E-state index in [0.717, 1.165) is 30.9 Å². The summed E-state index contributed by atoms with van der Waals surface area (Å²) in [5.41, 5.74) is 1.08. The normalized spacial score (nSPS) is 30.0. The molecule has 2 aliphatic rings. The molecular formula is C11H13NO2. The monoisotopic (exact) mass is 191 g/mol. The van der Waals surface area contributed by atoms with Crippen LogP contribution in [-0.4, -0.2) is 17.9 Å². The number of rotatable bonds is 0. The zero-order valence-corrected chi connectivity index (χ0v) is 7.98. The van der Waals surface area contributed by atoms with E-state index in [4.69, 9.17) is 9.47 Å². The number of hydrogen-bond acceptors (Lipinski definition) is 3. The van der Waals surface area contributed by atoms with Crippen molar-refractivity contribution in [2.75, 3.05) is 6.61 Å². The highest BCUT2D eigenvalue weighted by molar-refractivity contribution is 5.29. The van der Waals surface area contributed by atoms with E-state index < -0.39 is 0 Å². The van der Waals surface area contributed by atoms with Crippen molar-refractivity contribution < 1.29 is 9.47 Å². The van der Waals surface area contributed by atoms with Crippen LogP contribution in [0.3, 0.4) is 0 Å². The van der Waals surface area contributed by atoms with E-state index in [1.807, 2.05) is 18.3 Å². The number of hydrogen-bond donors (Lipinski definition) is 0. The zero-order chi connectivity index (χ0) is 9.38. The molecule has 0 N–H and O–H groups in total.